The summed E-state index contributed by atoms with van der Waals surface area (Å²) in [5, 5.41) is 8.75. The monoisotopic (exact) mass is 291 g/mol. The molecule has 0 bridgehead atoms. The van der Waals surface area contributed by atoms with Gasteiger partial charge in [0.05, 0.1) is 12.7 Å². The fourth-order valence-corrected chi connectivity index (χ4v) is 2.29. The molecule has 0 spiro atoms. The van der Waals surface area contributed by atoms with Crippen LogP contribution in [0.4, 0.5) is 5.69 Å². The van der Waals surface area contributed by atoms with E-state index in [2.05, 4.69) is 16.0 Å². The maximum atomic E-state index is 12.1. The molecule has 1 aliphatic heterocycles. The molecule has 2 amide bonds. The van der Waals surface area contributed by atoms with Crippen LogP contribution < -0.4 is 16.0 Å². The largest absolute Gasteiger partial charge is 0.375 e. The molecule has 6 nitrogen and oxygen atoms in total. The Morgan fingerprint density at radius 3 is 2.95 bits per heavy atom. The number of morpholine rings is 1. The highest BCUT2D eigenvalue weighted by Crippen LogP contribution is 2.11. The summed E-state index contributed by atoms with van der Waals surface area (Å²) in [4.78, 5) is 23.2. The second kappa shape index (κ2) is 7.19. The van der Waals surface area contributed by atoms with Gasteiger partial charge in [-0.05, 0) is 24.6 Å². The van der Waals surface area contributed by atoms with Crippen LogP contribution in [-0.4, -0.2) is 37.1 Å². The van der Waals surface area contributed by atoms with Crippen molar-refractivity contribution < 1.29 is 14.3 Å². The van der Waals surface area contributed by atoms with Crippen molar-refractivity contribution in [1.29, 1.82) is 0 Å². The smallest absolute Gasteiger partial charge is 0.240 e. The van der Waals surface area contributed by atoms with Crippen LogP contribution in [0.3, 0.4) is 0 Å². The number of amides is 2. The van der Waals surface area contributed by atoms with E-state index in [0.29, 0.717) is 19.7 Å². The maximum absolute atomic E-state index is 12.1. The summed E-state index contributed by atoms with van der Waals surface area (Å²) < 4.78 is 5.46. The minimum Gasteiger partial charge on any atom is -0.375 e. The van der Waals surface area contributed by atoms with Crippen LogP contribution in [0.25, 0.3) is 0 Å². The fraction of sp³-hybridized carbons (Fsp3) is 0.467. The van der Waals surface area contributed by atoms with Gasteiger partial charge in [0.25, 0.3) is 0 Å². The third kappa shape index (κ3) is 4.54. The number of rotatable bonds is 4. The second-order valence-corrected chi connectivity index (χ2v) is 5.11. The predicted octanol–water partition coefficient (Wildman–Crippen LogP) is 0.638. The minimum absolute atomic E-state index is 0.0767. The fourth-order valence-electron chi connectivity index (χ4n) is 2.29. The first kappa shape index (κ1) is 15.5. The Labute approximate surface area is 124 Å². The summed E-state index contributed by atoms with van der Waals surface area (Å²) in [7, 11) is 0. The van der Waals surface area contributed by atoms with Gasteiger partial charge < -0.3 is 20.7 Å². The summed E-state index contributed by atoms with van der Waals surface area (Å²) in [6, 6.07) is 7.08. The van der Waals surface area contributed by atoms with Crippen LogP contribution in [0.2, 0.25) is 0 Å². The van der Waals surface area contributed by atoms with Crippen LogP contribution in [0.15, 0.2) is 24.3 Å². The number of benzene rings is 1. The van der Waals surface area contributed by atoms with Crippen molar-refractivity contribution in [2.45, 2.75) is 32.5 Å². The van der Waals surface area contributed by atoms with E-state index in [0.717, 1.165) is 11.3 Å². The van der Waals surface area contributed by atoms with E-state index in [4.69, 9.17) is 4.74 Å². The lowest BCUT2D eigenvalue weighted by Crippen LogP contribution is -2.55. The molecule has 1 saturated heterocycles. The van der Waals surface area contributed by atoms with Crippen molar-refractivity contribution in [2.24, 2.45) is 0 Å². The highest BCUT2D eigenvalue weighted by molar-refractivity contribution is 5.88. The molecule has 114 valence electrons. The summed E-state index contributed by atoms with van der Waals surface area (Å²) >= 11 is 0. The van der Waals surface area contributed by atoms with E-state index in [1.54, 1.807) is 0 Å². The van der Waals surface area contributed by atoms with E-state index < -0.39 is 0 Å². The highest BCUT2D eigenvalue weighted by Gasteiger charge is 2.27. The van der Waals surface area contributed by atoms with Gasteiger partial charge in [-0.1, -0.05) is 12.1 Å². The quantitative estimate of drug-likeness (QED) is 0.760. The van der Waals surface area contributed by atoms with Gasteiger partial charge >= 0.3 is 0 Å². The average molecular weight is 291 g/mol. The molecule has 21 heavy (non-hydrogen) atoms. The Morgan fingerprint density at radius 2 is 2.24 bits per heavy atom. The lowest BCUT2D eigenvalue weighted by atomic mass is 10.1. The normalized spacial score (nSPS) is 21.6. The third-order valence-electron chi connectivity index (χ3n) is 3.31. The first-order valence-corrected chi connectivity index (χ1v) is 7.05. The van der Waals surface area contributed by atoms with Crippen LogP contribution >= 0.6 is 0 Å². The molecule has 1 aromatic carbocycles. The zero-order valence-corrected chi connectivity index (χ0v) is 12.3. The summed E-state index contributed by atoms with van der Waals surface area (Å²) in [5.74, 6) is -0.194. The molecule has 6 heteroatoms. The molecule has 0 radical (unpaired) electrons. The number of hydrogen-bond donors (Lipinski definition) is 3. The lowest BCUT2D eigenvalue weighted by Gasteiger charge is -2.29. The Kier molecular flexibility index (Phi) is 5.30. The van der Waals surface area contributed by atoms with Crippen molar-refractivity contribution >= 4 is 17.5 Å². The number of ether oxygens (including phenoxy) is 1. The van der Waals surface area contributed by atoms with E-state index in [1.807, 2.05) is 31.2 Å². The molecule has 0 aliphatic carbocycles. The molecule has 1 heterocycles. The van der Waals surface area contributed by atoms with E-state index >= 15 is 0 Å². The van der Waals surface area contributed by atoms with Crippen LogP contribution in [0.5, 0.6) is 0 Å². The number of anilines is 1. The first-order valence-electron chi connectivity index (χ1n) is 7.05. The average Bonchev–Trinajstić information content (AvgIpc) is 2.45. The van der Waals surface area contributed by atoms with Crippen molar-refractivity contribution in [1.82, 2.24) is 10.6 Å². The van der Waals surface area contributed by atoms with Crippen molar-refractivity contribution in [3.8, 4) is 0 Å². The highest BCUT2D eigenvalue weighted by atomic mass is 16.5. The third-order valence-corrected chi connectivity index (χ3v) is 3.31. The molecule has 0 unspecified atom stereocenters. The van der Waals surface area contributed by atoms with Gasteiger partial charge in [-0.15, -0.1) is 0 Å². The number of hydrogen-bond acceptors (Lipinski definition) is 4. The van der Waals surface area contributed by atoms with Crippen LogP contribution in [0.1, 0.15) is 19.4 Å². The predicted molar refractivity (Wildman–Crippen MR) is 79.8 cm³/mol. The molecule has 0 saturated carbocycles. The second-order valence-electron chi connectivity index (χ2n) is 5.11. The molecular formula is C15H21N3O3. The van der Waals surface area contributed by atoms with Gasteiger partial charge in [0.2, 0.25) is 11.8 Å². The summed E-state index contributed by atoms with van der Waals surface area (Å²) in [6.07, 6.45) is -0.135. The zero-order chi connectivity index (χ0) is 15.2. The number of carbonyl (C=O) groups excluding carboxylic acids is 2. The Balaban J connectivity index is 1.90. The summed E-state index contributed by atoms with van der Waals surface area (Å²) in [5.41, 5.74) is 1.65. The standard InChI is InChI=1S/C15H21N3O3/c1-10-14(16-6-7-21-10)15(20)17-9-12-4-3-5-13(8-12)18-11(2)19/h3-5,8,10,14,16H,6-7,9H2,1-2H3,(H,17,20)(H,18,19)/t10-,14+/m1/s1. The van der Waals surface area contributed by atoms with Crippen LogP contribution in [-0.2, 0) is 20.9 Å². The molecule has 2 atom stereocenters. The van der Waals surface area contributed by atoms with E-state index in [9.17, 15) is 9.59 Å². The molecule has 0 aromatic heterocycles. The van der Waals surface area contributed by atoms with Gasteiger partial charge in [-0.3, -0.25) is 9.59 Å². The van der Waals surface area contributed by atoms with Gasteiger partial charge in [0, 0.05) is 25.7 Å². The van der Waals surface area contributed by atoms with E-state index in [1.165, 1.54) is 6.92 Å². The molecule has 1 aliphatic rings. The Hall–Kier alpha value is -1.92. The zero-order valence-electron chi connectivity index (χ0n) is 12.3. The molecule has 3 N–H and O–H groups in total. The van der Waals surface area contributed by atoms with Gasteiger partial charge in [-0.2, -0.15) is 0 Å². The van der Waals surface area contributed by atoms with Crippen LogP contribution in [0, 0.1) is 0 Å². The first-order chi connectivity index (χ1) is 10.1. The number of carbonyl (C=O) groups is 2. The Morgan fingerprint density at radius 1 is 1.43 bits per heavy atom. The van der Waals surface area contributed by atoms with Gasteiger partial charge in [0.1, 0.15) is 6.04 Å². The maximum Gasteiger partial charge on any atom is 0.240 e. The van der Waals surface area contributed by atoms with E-state index in [-0.39, 0.29) is 24.0 Å². The van der Waals surface area contributed by atoms with Crippen molar-refractivity contribution in [2.75, 3.05) is 18.5 Å². The molecule has 1 fully saturated rings. The molecule has 1 aromatic rings. The SMILES string of the molecule is CC(=O)Nc1cccc(CNC(=O)[C@H]2NCCO[C@@H]2C)c1. The summed E-state index contributed by atoms with van der Waals surface area (Å²) in [6.45, 7) is 5.07. The van der Waals surface area contributed by atoms with Crippen molar-refractivity contribution in [3.63, 3.8) is 0 Å². The van der Waals surface area contributed by atoms with Gasteiger partial charge in [0.15, 0.2) is 0 Å². The van der Waals surface area contributed by atoms with Crippen molar-refractivity contribution in [3.05, 3.63) is 29.8 Å². The van der Waals surface area contributed by atoms with Gasteiger partial charge in [-0.25, -0.2) is 0 Å². The molecule has 2 rings (SSSR count). The lowest BCUT2D eigenvalue weighted by molar-refractivity contribution is -0.129. The number of nitrogens with one attached hydrogen (secondary N) is 3. The molecular weight excluding hydrogens is 270 g/mol. The minimum atomic E-state index is -0.322. The topological polar surface area (TPSA) is 79.5 Å². The Bertz CT molecular complexity index is 519.